The number of carbonyl (C=O) groups is 2. The van der Waals surface area contributed by atoms with E-state index in [2.05, 4.69) is 0 Å². The number of esters is 2. The Bertz CT molecular complexity index is 495. The topological polar surface area (TPSA) is 65.1 Å². The summed E-state index contributed by atoms with van der Waals surface area (Å²) in [5.41, 5.74) is 1.07. The van der Waals surface area contributed by atoms with Crippen molar-refractivity contribution in [1.82, 2.24) is 0 Å². The van der Waals surface area contributed by atoms with Gasteiger partial charge in [0.2, 0.25) is 0 Å². The second-order valence-corrected chi connectivity index (χ2v) is 3.66. The van der Waals surface area contributed by atoms with Crippen LogP contribution >= 0.6 is 0 Å². The fourth-order valence-corrected chi connectivity index (χ4v) is 1.85. The first-order valence-electron chi connectivity index (χ1n) is 4.81. The van der Waals surface area contributed by atoms with Crippen molar-refractivity contribution in [2.24, 2.45) is 0 Å². The first-order valence-corrected chi connectivity index (χ1v) is 4.81. The van der Waals surface area contributed by atoms with Crippen LogP contribution < -0.4 is 0 Å². The van der Waals surface area contributed by atoms with Gasteiger partial charge in [0, 0.05) is 12.5 Å². The van der Waals surface area contributed by atoms with Crippen LogP contribution in [-0.2, 0) is 24.8 Å². The number of carbonyl (C=O) groups excluding carboxylic acids is 2. The molecule has 5 nitrogen and oxygen atoms in total. The maximum atomic E-state index is 11.5. The molecule has 16 heavy (non-hydrogen) atoms. The average molecular weight is 220 g/mol. The molecule has 2 unspecified atom stereocenters. The number of hydrogen-bond donors (Lipinski definition) is 0. The van der Waals surface area contributed by atoms with Crippen LogP contribution in [0.5, 0.6) is 0 Å². The highest BCUT2D eigenvalue weighted by Gasteiger charge is 2.69. The lowest BCUT2D eigenvalue weighted by Crippen LogP contribution is -2.16. The predicted octanol–water partition coefficient (Wildman–Crippen LogP) is 0.929. The molecule has 2 aliphatic rings. The lowest BCUT2D eigenvalue weighted by Gasteiger charge is -2.03. The molecule has 82 valence electrons. The fourth-order valence-electron chi connectivity index (χ4n) is 1.85. The number of hydrogen-bond acceptors (Lipinski definition) is 5. The Kier molecular flexibility index (Phi) is 1.65. The van der Waals surface area contributed by atoms with E-state index in [0.29, 0.717) is 11.1 Å². The lowest BCUT2D eigenvalue weighted by molar-refractivity contribution is -0.146. The van der Waals surface area contributed by atoms with Crippen LogP contribution in [0.2, 0.25) is 0 Å². The summed E-state index contributed by atoms with van der Waals surface area (Å²) in [4.78, 5) is 22.3. The highest BCUT2D eigenvalue weighted by molar-refractivity contribution is 5.95. The third-order valence-electron chi connectivity index (χ3n) is 2.57. The normalized spacial score (nSPS) is 29.8. The molecule has 3 rings (SSSR count). The smallest absolute Gasteiger partial charge is 0.341 e. The largest absolute Gasteiger partial charge is 0.428 e. The number of rotatable bonds is 1. The third-order valence-corrected chi connectivity index (χ3v) is 2.57. The van der Waals surface area contributed by atoms with Crippen molar-refractivity contribution >= 4 is 11.9 Å². The average Bonchev–Trinajstić information content (AvgIpc) is 2.82. The van der Waals surface area contributed by atoms with E-state index in [1.54, 1.807) is 24.3 Å². The summed E-state index contributed by atoms with van der Waals surface area (Å²) in [6.45, 7) is 1.28. The van der Waals surface area contributed by atoms with Gasteiger partial charge in [0.05, 0.1) is 5.56 Å². The Morgan fingerprint density at radius 3 is 2.94 bits per heavy atom. The fraction of sp³-hybridized carbons (Fsp3) is 0.273. The van der Waals surface area contributed by atoms with Crippen LogP contribution in [0.25, 0.3) is 0 Å². The van der Waals surface area contributed by atoms with E-state index in [0.717, 1.165) is 0 Å². The summed E-state index contributed by atoms with van der Waals surface area (Å²) in [5.74, 6) is -2.12. The second-order valence-electron chi connectivity index (χ2n) is 3.66. The summed E-state index contributed by atoms with van der Waals surface area (Å²) in [6, 6.07) is 6.89. The number of epoxide rings is 1. The van der Waals surface area contributed by atoms with E-state index in [9.17, 15) is 9.59 Å². The van der Waals surface area contributed by atoms with Gasteiger partial charge in [-0.2, -0.15) is 0 Å². The Labute approximate surface area is 90.9 Å². The highest BCUT2D eigenvalue weighted by atomic mass is 16.9. The molecule has 0 radical (unpaired) electrons. The van der Waals surface area contributed by atoms with Crippen molar-refractivity contribution < 1.29 is 23.8 Å². The summed E-state index contributed by atoms with van der Waals surface area (Å²) < 4.78 is 15.2. The molecular weight excluding hydrogens is 212 g/mol. The zero-order valence-electron chi connectivity index (χ0n) is 8.43. The Balaban J connectivity index is 1.97. The van der Waals surface area contributed by atoms with E-state index in [1.807, 2.05) is 0 Å². The predicted molar refractivity (Wildman–Crippen MR) is 50.2 cm³/mol. The maximum Gasteiger partial charge on any atom is 0.341 e. The molecule has 1 fully saturated rings. The molecule has 1 aromatic carbocycles. The van der Waals surface area contributed by atoms with Gasteiger partial charge in [-0.25, -0.2) is 4.79 Å². The van der Waals surface area contributed by atoms with Crippen LogP contribution in [0.15, 0.2) is 24.3 Å². The molecule has 2 aliphatic heterocycles. The van der Waals surface area contributed by atoms with Crippen molar-refractivity contribution in [3.8, 4) is 0 Å². The number of benzene rings is 1. The molecule has 0 bridgehead atoms. The lowest BCUT2D eigenvalue weighted by atomic mass is 10.1. The van der Waals surface area contributed by atoms with Crippen LogP contribution in [0, 0.1) is 0 Å². The van der Waals surface area contributed by atoms with Crippen molar-refractivity contribution in [2.45, 2.75) is 19.0 Å². The first kappa shape index (κ1) is 9.35. The van der Waals surface area contributed by atoms with Gasteiger partial charge in [-0.05, 0) is 6.07 Å². The van der Waals surface area contributed by atoms with E-state index in [1.165, 1.54) is 6.92 Å². The van der Waals surface area contributed by atoms with E-state index < -0.39 is 24.0 Å². The molecule has 0 saturated carbocycles. The van der Waals surface area contributed by atoms with Crippen molar-refractivity contribution in [1.29, 1.82) is 0 Å². The minimum Gasteiger partial charge on any atom is -0.428 e. The molecule has 1 aromatic rings. The van der Waals surface area contributed by atoms with Gasteiger partial charge in [0.1, 0.15) is 0 Å². The molecule has 2 atom stereocenters. The van der Waals surface area contributed by atoms with Gasteiger partial charge in [-0.1, -0.05) is 18.2 Å². The Hall–Kier alpha value is -1.88. The summed E-state index contributed by atoms with van der Waals surface area (Å²) in [5, 5.41) is 0. The molecule has 1 saturated heterocycles. The Morgan fingerprint density at radius 2 is 2.19 bits per heavy atom. The van der Waals surface area contributed by atoms with Crippen molar-refractivity contribution in [2.75, 3.05) is 0 Å². The zero-order valence-corrected chi connectivity index (χ0v) is 8.43. The number of ether oxygens (including phenoxy) is 3. The zero-order chi connectivity index (χ0) is 11.3. The standard InChI is InChI=1S/C11H8O5/c1-6(12)14-10-11(16-10)8-5-3-2-4-7(8)9(13)15-11/h2-5,10H,1H3. The maximum absolute atomic E-state index is 11.5. The van der Waals surface area contributed by atoms with Gasteiger partial charge >= 0.3 is 17.7 Å². The van der Waals surface area contributed by atoms with Crippen LogP contribution in [0.3, 0.4) is 0 Å². The van der Waals surface area contributed by atoms with Crippen LogP contribution in [0.1, 0.15) is 22.8 Å². The SMILES string of the molecule is CC(=O)OC1OC12OC(=O)c1ccccc12. The van der Waals surface area contributed by atoms with Crippen molar-refractivity contribution in [3.63, 3.8) is 0 Å². The Morgan fingerprint density at radius 1 is 1.44 bits per heavy atom. The van der Waals surface area contributed by atoms with Gasteiger partial charge in [-0.15, -0.1) is 0 Å². The van der Waals surface area contributed by atoms with E-state index in [-0.39, 0.29) is 0 Å². The minimum atomic E-state index is -1.20. The molecule has 0 aliphatic carbocycles. The van der Waals surface area contributed by atoms with Gasteiger partial charge < -0.3 is 9.47 Å². The molecule has 0 aromatic heterocycles. The quantitative estimate of drug-likeness (QED) is 0.520. The molecular formula is C11H8O5. The summed E-state index contributed by atoms with van der Waals surface area (Å²) in [7, 11) is 0. The van der Waals surface area contributed by atoms with Gasteiger partial charge in [-0.3, -0.25) is 9.53 Å². The van der Waals surface area contributed by atoms with E-state index in [4.69, 9.17) is 14.2 Å². The van der Waals surface area contributed by atoms with E-state index >= 15 is 0 Å². The molecule has 0 N–H and O–H groups in total. The van der Waals surface area contributed by atoms with Crippen molar-refractivity contribution in [3.05, 3.63) is 35.4 Å². The van der Waals surface area contributed by atoms with Crippen LogP contribution in [-0.4, -0.2) is 18.2 Å². The molecule has 0 amide bonds. The molecule has 1 spiro atoms. The van der Waals surface area contributed by atoms with Gasteiger partial charge in [0.25, 0.3) is 6.29 Å². The summed E-state index contributed by atoms with van der Waals surface area (Å²) >= 11 is 0. The monoisotopic (exact) mass is 220 g/mol. The highest BCUT2D eigenvalue weighted by Crippen LogP contribution is 2.53. The second kappa shape index (κ2) is 2.82. The van der Waals surface area contributed by atoms with Crippen LogP contribution in [0.4, 0.5) is 0 Å². The summed E-state index contributed by atoms with van der Waals surface area (Å²) in [6.07, 6.45) is -0.822. The molecule has 5 heteroatoms. The first-order chi connectivity index (χ1) is 7.63. The van der Waals surface area contributed by atoms with Gasteiger partial charge in [0.15, 0.2) is 0 Å². The molecule has 2 heterocycles. The number of fused-ring (bicyclic) bond motifs is 2. The minimum absolute atomic E-state index is 0.453. The third kappa shape index (κ3) is 1.09.